The van der Waals surface area contributed by atoms with Gasteiger partial charge in [0, 0.05) is 43.8 Å². The molecule has 2 aliphatic rings. The molecule has 1 aromatic heterocycles. The summed E-state index contributed by atoms with van der Waals surface area (Å²) in [5, 5.41) is 0. The van der Waals surface area contributed by atoms with E-state index in [1.807, 2.05) is 11.7 Å². The monoisotopic (exact) mass is 281 g/mol. The third kappa shape index (κ3) is 4.24. The van der Waals surface area contributed by atoms with Crippen LogP contribution in [0.25, 0.3) is 0 Å². The Hall–Kier alpha value is -0.490. The van der Waals surface area contributed by atoms with Crippen LogP contribution in [0.4, 0.5) is 0 Å². The van der Waals surface area contributed by atoms with Crippen molar-refractivity contribution in [1.82, 2.24) is 14.8 Å². The molecule has 19 heavy (non-hydrogen) atoms. The van der Waals surface area contributed by atoms with Crippen molar-refractivity contribution < 1.29 is 4.74 Å². The summed E-state index contributed by atoms with van der Waals surface area (Å²) in [4.78, 5) is 10.5. The highest BCUT2D eigenvalue weighted by Crippen LogP contribution is 2.30. The fourth-order valence-corrected chi connectivity index (χ4v) is 3.31. The molecule has 0 radical (unpaired) electrons. The van der Waals surface area contributed by atoms with Gasteiger partial charge in [-0.25, -0.2) is 0 Å². The molecule has 3 rings (SSSR count). The standard InChI is InChI=1S/C14H23N3OS/c1-16-4-5-18-13(8-16)9-17(7-12-2-3-12)10-14-6-15-11-19-14/h6,11-13H,2-5,7-10H2,1H3. The summed E-state index contributed by atoms with van der Waals surface area (Å²) in [7, 11) is 2.18. The third-order valence-corrected chi connectivity index (χ3v) is 4.64. The fraction of sp³-hybridized carbons (Fsp3) is 0.786. The van der Waals surface area contributed by atoms with Crippen molar-refractivity contribution in [2.45, 2.75) is 25.5 Å². The number of nitrogens with zero attached hydrogens (tertiary/aromatic N) is 3. The molecule has 1 aliphatic heterocycles. The molecule has 0 aromatic carbocycles. The van der Waals surface area contributed by atoms with Crippen LogP contribution < -0.4 is 0 Å². The maximum Gasteiger partial charge on any atom is 0.0829 e. The quantitative estimate of drug-likeness (QED) is 0.793. The number of rotatable bonds is 6. The predicted molar refractivity (Wildman–Crippen MR) is 77.4 cm³/mol. The lowest BCUT2D eigenvalue weighted by atomic mass is 10.2. The first kappa shape index (κ1) is 13.5. The molecule has 1 aliphatic carbocycles. The normalized spacial score (nSPS) is 25.1. The Bertz CT molecular complexity index is 380. The Morgan fingerprint density at radius 2 is 2.37 bits per heavy atom. The summed E-state index contributed by atoms with van der Waals surface area (Å²) in [6, 6.07) is 0. The lowest BCUT2D eigenvalue weighted by Gasteiger charge is -2.33. The van der Waals surface area contributed by atoms with Crippen LogP contribution in [0, 0.1) is 5.92 Å². The second-order valence-corrected chi connectivity index (χ2v) is 6.83. The number of aromatic nitrogens is 1. The maximum atomic E-state index is 5.90. The van der Waals surface area contributed by atoms with Crippen LogP contribution in [0.2, 0.25) is 0 Å². The molecule has 1 atom stereocenters. The highest BCUT2D eigenvalue weighted by atomic mass is 32.1. The summed E-state index contributed by atoms with van der Waals surface area (Å²) in [5.41, 5.74) is 1.93. The van der Waals surface area contributed by atoms with E-state index in [1.54, 1.807) is 11.3 Å². The van der Waals surface area contributed by atoms with E-state index in [0.29, 0.717) is 6.10 Å². The molecular weight excluding hydrogens is 258 g/mol. The summed E-state index contributed by atoms with van der Waals surface area (Å²) < 4.78 is 5.90. The van der Waals surface area contributed by atoms with E-state index in [1.165, 1.54) is 24.3 Å². The van der Waals surface area contributed by atoms with Gasteiger partial charge in [0.05, 0.1) is 18.2 Å². The molecule has 0 N–H and O–H groups in total. The molecule has 0 bridgehead atoms. The Labute approximate surface area is 119 Å². The molecule has 5 heteroatoms. The molecular formula is C14H23N3OS. The van der Waals surface area contributed by atoms with Gasteiger partial charge in [-0.1, -0.05) is 0 Å². The number of hydrogen-bond donors (Lipinski definition) is 0. The number of thiazole rings is 1. The lowest BCUT2D eigenvalue weighted by Crippen LogP contribution is -2.46. The smallest absolute Gasteiger partial charge is 0.0829 e. The minimum Gasteiger partial charge on any atom is -0.374 e. The maximum absolute atomic E-state index is 5.90. The van der Waals surface area contributed by atoms with Crippen LogP contribution in [0.15, 0.2) is 11.7 Å². The molecule has 0 amide bonds. The molecule has 2 fully saturated rings. The predicted octanol–water partition coefficient (Wildman–Crippen LogP) is 1.69. The molecule has 1 saturated heterocycles. The Kier molecular flexibility index (Phi) is 4.48. The van der Waals surface area contributed by atoms with E-state index < -0.39 is 0 Å². The highest BCUT2D eigenvalue weighted by molar-refractivity contribution is 7.09. The summed E-state index contributed by atoms with van der Waals surface area (Å²) >= 11 is 1.76. The zero-order valence-corrected chi connectivity index (χ0v) is 12.4. The summed E-state index contributed by atoms with van der Waals surface area (Å²) in [6.45, 7) is 6.31. The molecule has 1 saturated carbocycles. The van der Waals surface area contributed by atoms with E-state index in [0.717, 1.165) is 38.7 Å². The van der Waals surface area contributed by atoms with Crippen molar-refractivity contribution in [3.05, 3.63) is 16.6 Å². The van der Waals surface area contributed by atoms with Gasteiger partial charge < -0.3 is 9.64 Å². The van der Waals surface area contributed by atoms with E-state index in [4.69, 9.17) is 4.74 Å². The van der Waals surface area contributed by atoms with Gasteiger partial charge in [-0.05, 0) is 25.8 Å². The average molecular weight is 281 g/mol. The Morgan fingerprint density at radius 1 is 1.47 bits per heavy atom. The number of ether oxygens (including phenoxy) is 1. The molecule has 4 nitrogen and oxygen atoms in total. The molecule has 2 heterocycles. The average Bonchev–Trinajstić information content (AvgIpc) is 3.03. The highest BCUT2D eigenvalue weighted by Gasteiger charge is 2.27. The van der Waals surface area contributed by atoms with E-state index in [9.17, 15) is 0 Å². The van der Waals surface area contributed by atoms with Crippen molar-refractivity contribution in [2.24, 2.45) is 5.92 Å². The van der Waals surface area contributed by atoms with Gasteiger partial charge in [0.15, 0.2) is 0 Å². The first-order valence-electron chi connectivity index (χ1n) is 7.19. The second kappa shape index (κ2) is 6.31. The molecule has 1 unspecified atom stereocenters. The number of likely N-dealkylation sites (N-methyl/N-ethyl adjacent to an activating group) is 1. The molecule has 1 aromatic rings. The largest absolute Gasteiger partial charge is 0.374 e. The first-order chi connectivity index (χ1) is 9.29. The van der Waals surface area contributed by atoms with Gasteiger partial charge >= 0.3 is 0 Å². The van der Waals surface area contributed by atoms with Gasteiger partial charge in [-0.3, -0.25) is 9.88 Å². The van der Waals surface area contributed by atoms with Gasteiger partial charge in [-0.15, -0.1) is 11.3 Å². The minimum absolute atomic E-state index is 0.366. The van der Waals surface area contributed by atoms with E-state index >= 15 is 0 Å². The topological polar surface area (TPSA) is 28.6 Å². The minimum atomic E-state index is 0.366. The third-order valence-electron chi connectivity index (χ3n) is 3.88. The Balaban J connectivity index is 1.55. The van der Waals surface area contributed by atoms with Gasteiger partial charge in [0.2, 0.25) is 0 Å². The van der Waals surface area contributed by atoms with Crippen molar-refractivity contribution in [3.8, 4) is 0 Å². The first-order valence-corrected chi connectivity index (χ1v) is 8.07. The number of hydrogen-bond acceptors (Lipinski definition) is 5. The molecule has 106 valence electrons. The zero-order valence-electron chi connectivity index (χ0n) is 11.6. The summed E-state index contributed by atoms with van der Waals surface area (Å²) in [5.74, 6) is 0.925. The van der Waals surface area contributed by atoms with Crippen molar-refractivity contribution in [3.63, 3.8) is 0 Å². The van der Waals surface area contributed by atoms with Crippen LogP contribution >= 0.6 is 11.3 Å². The van der Waals surface area contributed by atoms with Crippen LogP contribution in [0.3, 0.4) is 0 Å². The second-order valence-electron chi connectivity index (χ2n) is 5.86. The lowest BCUT2D eigenvalue weighted by molar-refractivity contribution is -0.0371. The number of morpholine rings is 1. The van der Waals surface area contributed by atoms with Crippen LogP contribution in [-0.2, 0) is 11.3 Å². The van der Waals surface area contributed by atoms with Crippen LogP contribution in [0.1, 0.15) is 17.7 Å². The van der Waals surface area contributed by atoms with Crippen molar-refractivity contribution >= 4 is 11.3 Å². The van der Waals surface area contributed by atoms with Crippen LogP contribution in [0.5, 0.6) is 0 Å². The van der Waals surface area contributed by atoms with Crippen molar-refractivity contribution in [1.29, 1.82) is 0 Å². The summed E-state index contributed by atoms with van der Waals surface area (Å²) in [6.07, 6.45) is 5.18. The van der Waals surface area contributed by atoms with E-state index in [2.05, 4.69) is 21.8 Å². The zero-order chi connectivity index (χ0) is 13.1. The molecule has 0 spiro atoms. The fourth-order valence-electron chi connectivity index (χ4n) is 2.68. The SMILES string of the molecule is CN1CCOC(CN(Cc2cncs2)CC2CC2)C1. The van der Waals surface area contributed by atoms with E-state index in [-0.39, 0.29) is 0 Å². The van der Waals surface area contributed by atoms with Gasteiger partial charge in [0.25, 0.3) is 0 Å². The van der Waals surface area contributed by atoms with Gasteiger partial charge in [-0.2, -0.15) is 0 Å². The van der Waals surface area contributed by atoms with Crippen LogP contribution in [-0.4, -0.2) is 60.7 Å². The van der Waals surface area contributed by atoms with Crippen molar-refractivity contribution in [2.75, 3.05) is 39.8 Å². The van der Waals surface area contributed by atoms with Gasteiger partial charge in [0.1, 0.15) is 0 Å². The Morgan fingerprint density at radius 3 is 3.05 bits per heavy atom.